The van der Waals surface area contributed by atoms with Crippen molar-refractivity contribution in [3.63, 3.8) is 0 Å². The molecule has 2 rings (SSSR count). The Labute approximate surface area is 141 Å². The van der Waals surface area contributed by atoms with Crippen LogP contribution < -0.4 is 4.90 Å². The molecule has 24 heavy (non-hydrogen) atoms. The molecule has 0 spiro atoms. The Balaban J connectivity index is 2.26. The van der Waals surface area contributed by atoms with Crippen molar-refractivity contribution >= 4 is 27.7 Å². The van der Waals surface area contributed by atoms with E-state index in [1.165, 1.54) is 30.5 Å². The third-order valence-electron chi connectivity index (χ3n) is 3.63. The first-order valence-corrected chi connectivity index (χ1v) is 8.98. The average molecular weight is 348 g/mol. The number of aliphatic imine (C=N–C) groups is 1. The second-order valence-corrected chi connectivity index (χ2v) is 6.56. The Morgan fingerprint density at radius 1 is 1.08 bits per heavy atom. The first kappa shape index (κ1) is 18.0. The number of phenols is 1. The number of benzene rings is 2. The van der Waals surface area contributed by atoms with E-state index in [2.05, 4.69) is 23.7 Å². The molecule has 0 fully saturated rings. The minimum atomic E-state index is -4.21. The molecule has 0 saturated carbocycles. The van der Waals surface area contributed by atoms with Crippen LogP contribution in [0.15, 0.2) is 52.4 Å². The van der Waals surface area contributed by atoms with Gasteiger partial charge in [-0.25, -0.2) is 0 Å². The van der Waals surface area contributed by atoms with Crippen LogP contribution in [-0.4, -0.2) is 37.4 Å². The minimum Gasteiger partial charge on any atom is -0.507 e. The molecule has 2 aromatic carbocycles. The molecule has 2 aromatic rings. The Morgan fingerprint density at radius 3 is 2.25 bits per heavy atom. The molecule has 0 aliphatic rings. The maximum absolute atomic E-state index is 11.0. The van der Waals surface area contributed by atoms with E-state index in [4.69, 9.17) is 4.55 Å². The van der Waals surface area contributed by atoms with Gasteiger partial charge in [-0.2, -0.15) is 8.42 Å². The molecule has 0 saturated heterocycles. The summed E-state index contributed by atoms with van der Waals surface area (Å²) in [5.74, 6) is 0.115. The van der Waals surface area contributed by atoms with E-state index in [-0.39, 0.29) is 10.6 Å². The Kier molecular flexibility index (Phi) is 5.58. The van der Waals surface area contributed by atoms with Gasteiger partial charge in [-0.1, -0.05) is 0 Å². The first-order valence-electron chi connectivity index (χ1n) is 7.54. The SMILES string of the molecule is CCN(CC)c1ccc(O)c(C=Nc2ccc(S(=O)(=O)O)cc2)c1. The summed E-state index contributed by atoms with van der Waals surface area (Å²) in [6.07, 6.45) is 1.52. The number of hydrogen-bond acceptors (Lipinski definition) is 5. The van der Waals surface area contributed by atoms with Crippen molar-refractivity contribution in [3.05, 3.63) is 48.0 Å². The molecule has 0 unspecified atom stereocenters. The summed E-state index contributed by atoms with van der Waals surface area (Å²) in [4.78, 5) is 6.20. The lowest BCUT2D eigenvalue weighted by Gasteiger charge is -2.21. The highest BCUT2D eigenvalue weighted by Crippen LogP contribution is 2.24. The Morgan fingerprint density at radius 2 is 1.71 bits per heavy atom. The van der Waals surface area contributed by atoms with Gasteiger partial charge < -0.3 is 10.0 Å². The maximum Gasteiger partial charge on any atom is 0.294 e. The number of aromatic hydroxyl groups is 1. The zero-order chi connectivity index (χ0) is 17.7. The third kappa shape index (κ3) is 4.33. The number of nitrogens with zero attached hydrogens (tertiary/aromatic N) is 2. The summed E-state index contributed by atoms with van der Waals surface area (Å²) in [5, 5.41) is 9.97. The summed E-state index contributed by atoms with van der Waals surface area (Å²) >= 11 is 0. The fourth-order valence-electron chi connectivity index (χ4n) is 2.28. The molecule has 0 bridgehead atoms. The molecule has 0 aromatic heterocycles. The van der Waals surface area contributed by atoms with Crippen molar-refractivity contribution in [1.29, 1.82) is 0 Å². The molecule has 0 amide bonds. The van der Waals surface area contributed by atoms with Gasteiger partial charge in [-0.15, -0.1) is 0 Å². The van der Waals surface area contributed by atoms with Gasteiger partial charge in [0.25, 0.3) is 10.1 Å². The lowest BCUT2D eigenvalue weighted by molar-refractivity contribution is 0.474. The highest BCUT2D eigenvalue weighted by molar-refractivity contribution is 7.85. The Bertz CT molecular complexity index is 826. The molecule has 6 nitrogen and oxygen atoms in total. The van der Waals surface area contributed by atoms with Gasteiger partial charge in [0.05, 0.1) is 10.6 Å². The van der Waals surface area contributed by atoms with Gasteiger partial charge in [0.1, 0.15) is 5.75 Å². The predicted molar refractivity (Wildman–Crippen MR) is 95.2 cm³/mol. The van der Waals surface area contributed by atoms with Crippen molar-refractivity contribution in [2.24, 2.45) is 4.99 Å². The third-order valence-corrected chi connectivity index (χ3v) is 4.49. The molecule has 0 aliphatic heterocycles. The summed E-state index contributed by atoms with van der Waals surface area (Å²) in [7, 11) is -4.21. The number of anilines is 1. The van der Waals surface area contributed by atoms with Gasteiger partial charge in [0.2, 0.25) is 0 Å². The van der Waals surface area contributed by atoms with Gasteiger partial charge in [-0.05, 0) is 56.3 Å². The van der Waals surface area contributed by atoms with E-state index >= 15 is 0 Å². The van der Waals surface area contributed by atoms with Crippen LogP contribution in [0.25, 0.3) is 0 Å². The standard InChI is InChI=1S/C17H20N2O4S/c1-3-19(4-2)15-7-10-17(20)13(11-15)12-18-14-5-8-16(9-6-14)24(21,22)23/h5-12,20H,3-4H2,1-2H3,(H,21,22,23). The van der Waals surface area contributed by atoms with Gasteiger partial charge >= 0.3 is 0 Å². The number of hydrogen-bond donors (Lipinski definition) is 2. The molecule has 0 aliphatic carbocycles. The van der Waals surface area contributed by atoms with Crippen LogP contribution >= 0.6 is 0 Å². The van der Waals surface area contributed by atoms with Crippen LogP contribution in [0.5, 0.6) is 5.75 Å². The van der Waals surface area contributed by atoms with Crippen LogP contribution in [-0.2, 0) is 10.1 Å². The molecule has 2 N–H and O–H groups in total. The summed E-state index contributed by atoms with van der Waals surface area (Å²) in [5.41, 5.74) is 2.06. The van der Waals surface area contributed by atoms with Gasteiger partial charge in [-0.3, -0.25) is 9.55 Å². The monoisotopic (exact) mass is 348 g/mol. The van der Waals surface area contributed by atoms with Crippen molar-refractivity contribution in [1.82, 2.24) is 0 Å². The van der Waals surface area contributed by atoms with Crippen molar-refractivity contribution in [3.8, 4) is 5.75 Å². The fraction of sp³-hybridized carbons (Fsp3) is 0.235. The van der Waals surface area contributed by atoms with Crippen molar-refractivity contribution < 1.29 is 18.1 Å². The molecule has 128 valence electrons. The smallest absolute Gasteiger partial charge is 0.294 e. The molecule has 0 radical (unpaired) electrons. The van der Waals surface area contributed by atoms with Crippen LogP contribution in [0.4, 0.5) is 11.4 Å². The van der Waals surface area contributed by atoms with Gasteiger partial charge in [0.15, 0.2) is 0 Å². The second kappa shape index (κ2) is 7.46. The first-order chi connectivity index (χ1) is 11.3. The average Bonchev–Trinajstić information content (AvgIpc) is 2.55. The molecule has 0 atom stereocenters. The van der Waals surface area contributed by atoms with E-state index in [0.29, 0.717) is 11.3 Å². The highest BCUT2D eigenvalue weighted by atomic mass is 32.2. The van der Waals surface area contributed by atoms with Crippen molar-refractivity contribution in [2.75, 3.05) is 18.0 Å². The number of phenolic OH excluding ortho intramolecular Hbond substituents is 1. The lowest BCUT2D eigenvalue weighted by Crippen LogP contribution is -2.21. The van der Waals surface area contributed by atoms with Crippen LogP contribution in [0.3, 0.4) is 0 Å². The molecule has 0 heterocycles. The summed E-state index contributed by atoms with van der Waals surface area (Å²) in [6, 6.07) is 10.8. The highest BCUT2D eigenvalue weighted by Gasteiger charge is 2.08. The second-order valence-electron chi connectivity index (χ2n) is 5.14. The number of rotatable bonds is 6. The van der Waals surface area contributed by atoms with Crippen LogP contribution in [0.1, 0.15) is 19.4 Å². The van der Waals surface area contributed by atoms with E-state index in [1.54, 1.807) is 6.07 Å². The Hall–Kier alpha value is -2.38. The predicted octanol–water partition coefficient (Wildman–Crippen LogP) is 3.24. The van der Waals surface area contributed by atoms with E-state index in [0.717, 1.165) is 18.8 Å². The van der Waals surface area contributed by atoms with E-state index in [9.17, 15) is 13.5 Å². The maximum atomic E-state index is 11.0. The van der Waals surface area contributed by atoms with Crippen LogP contribution in [0, 0.1) is 0 Å². The quantitative estimate of drug-likeness (QED) is 0.618. The van der Waals surface area contributed by atoms with E-state index < -0.39 is 10.1 Å². The normalized spacial score (nSPS) is 11.8. The molecular weight excluding hydrogens is 328 g/mol. The van der Waals surface area contributed by atoms with Crippen LogP contribution in [0.2, 0.25) is 0 Å². The van der Waals surface area contributed by atoms with Crippen molar-refractivity contribution in [2.45, 2.75) is 18.7 Å². The largest absolute Gasteiger partial charge is 0.507 e. The van der Waals surface area contributed by atoms with E-state index in [1.807, 2.05) is 12.1 Å². The lowest BCUT2D eigenvalue weighted by atomic mass is 10.1. The summed E-state index contributed by atoms with van der Waals surface area (Å²) in [6.45, 7) is 5.83. The molecule has 7 heteroatoms. The zero-order valence-corrected chi connectivity index (χ0v) is 14.4. The fourth-order valence-corrected chi connectivity index (χ4v) is 2.76. The summed E-state index contributed by atoms with van der Waals surface area (Å²) < 4.78 is 31.0. The van der Waals surface area contributed by atoms with Gasteiger partial charge in [0, 0.05) is 30.6 Å². The zero-order valence-electron chi connectivity index (χ0n) is 13.5. The topological polar surface area (TPSA) is 90.2 Å². The minimum absolute atomic E-state index is 0.115. The molecular formula is C17H20N2O4S.